The molecule has 84 valence electrons. The van der Waals surface area contributed by atoms with Crippen molar-refractivity contribution in [2.24, 2.45) is 0 Å². The summed E-state index contributed by atoms with van der Waals surface area (Å²) in [7, 11) is 0. The van der Waals surface area contributed by atoms with Crippen LogP contribution in [0, 0.1) is 0 Å². The van der Waals surface area contributed by atoms with E-state index in [1.165, 1.54) is 6.92 Å². The van der Waals surface area contributed by atoms with E-state index in [9.17, 15) is 8.78 Å². The fourth-order valence-electron chi connectivity index (χ4n) is 1.82. The first kappa shape index (κ1) is 11.9. The van der Waals surface area contributed by atoms with Crippen molar-refractivity contribution in [2.75, 3.05) is 6.61 Å². The molecule has 1 heterocycles. The summed E-state index contributed by atoms with van der Waals surface area (Å²) in [4.78, 5) is 0. The van der Waals surface area contributed by atoms with Gasteiger partial charge in [-0.05, 0) is 33.6 Å². The predicted molar refractivity (Wildman–Crippen MR) is 51.7 cm³/mol. The highest BCUT2D eigenvalue weighted by Crippen LogP contribution is 2.24. The van der Waals surface area contributed by atoms with Crippen LogP contribution < -0.4 is 5.32 Å². The average Bonchev–Trinajstić information content (AvgIpc) is 2.01. The van der Waals surface area contributed by atoms with Crippen molar-refractivity contribution < 1.29 is 13.5 Å². The van der Waals surface area contributed by atoms with Crippen LogP contribution >= 0.6 is 0 Å². The summed E-state index contributed by atoms with van der Waals surface area (Å²) >= 11 is 0. The van der Waals surface area contributed by atoms with Crippen LogP contribution in [0.1, 0.15) is 33.6 Å². The third-order valence-electron chi connectivity index (χ3n) is 2.57. The summed E-state index contributed by atoms with van der Waals surface area (Å²) < 4.78 is 30.1. The Morgan fingerprint density at radius 3 is 2.57 bits per heavy atom. The van der Waals surface area contributed by atoms with E-state index in [4.69, 9.17) is 4.74 Å². The summed E-state index contributed by atoms with van der Waals surface area (Å²) in [5.41, 5.74) is -0.183. The van der Waals surface area contributed by atoms with Gasteiger partial charge in [-0.15, -0.1) is 0 Å². The number of ether oxygens (including phenoxy) is 1. The smallest absolute Gasteiger partial charge is 0.253 e. The Bertz CT molecular complexity index is 185. The summed E-state index contributed by atoms with van der Waals surface area (Å²) in [6, 6.07) is -0.573. The standard InChI is InChI=1S/C10H19F2NO/c1-7(9(11)12)13-8-4-5-14-10(2,3)6-8/h7-9,13H,4-6H2,1-3H3. The summed E-state index contributed by atoms with van der Waals surface area (Å²) in [6.07, 6.45) is -0.675. The van der Waals surface area contributed by atoms with E-state index in [0.717, 1.165) is 12.8 Å². The number of halogens is 2. The quantitative estimate of drug-likeness (QED) is 0.766. The van der Waals surface area contributed by atoms with Crippen LogP contribution in [0.5, 0.6) is 0 Å². The Morgan fingerprint density at radius 1 is 1.43 bits per heavy atom. The van der Waals surface area contributed by atoms with Crippen molar-refractivity contribution >= 4 is 0 Å². The summed E-state index contributed by atoms with van der Waals surface area (Å²) in [5, 5.41) is 2.94. The number of hydrogen-bond acceptors (Lipinski definition) is 2. The molecule has 1 aliphatic rings. The van der Waals surface area contributed by atoms with Gasteiger partial charge in [0.05, 0.1) is 11.6 Å². The first-order chi connectivity index (χ1) is 6.41. The van der Waals surface area contributed by atoms with E-state index in [0.29, 0.717) is 6.61 Å². The molecule has 0 aromatic rings. The number of alkyl halides is 2. The normalized spacial score (nSPS) is 29.1. The molecule has 2 unspecified atom stereocenters. The number of nitrogens with one attached hydrogen (secondary N) is 1. The van der Waals surface area contributed by atoms with Gasteiger partial charge in [0.15, 0.2) is 0 Å². The Hall–Kier alpha value is -0.220. The van der Waals surface area contributed by atoms with E-state index >= 15 is 0 Å². The van der Waals surface area contributed by atoms with Gasteiger partial charge < -0.3 is 10.1 Å². The van der Waals surface area contributed by atoms with Gasteiger partial charge in [0.1, 0.15) is 0 Å². The van der Waals surface area contributed by atoms with Gasteiger partial charge in [-0.2, -0.15) is 0 Å². The second-order valence-electron chi connectivity index (χ2n) is 4.59. The lowest BCUT2D eigenvalue weighted by Gasteiger charge is -2.37. The zero-order valence-corrected chi connectivity index (χ0v) is 9.02. The van der Waals surface area contributed by atoms with Crippen molar-refractivity contribution in [3.63, 3.8) is 0 Å². The van der Waals surface area contributed by atoms with E-state index in [-0.39, 0.29) is 11.6 Å². The average molecular weight is 207 g/mol. The summed E-state index contributed by atoms with van der Waals surface area (Å²) in [5.74, 6) is 0. The summed E-state index contributed by atoms with van der Waals surface area (Å²) in [6.45, 7) is 6.16. The molecule has 0 spiro atoms. The molecule has 1 saturated heterocycles. The lowest BCUT2D eigenvalue weighted by molar-refractivity contribution is -0.0666. The SMILES string of the molecule is CC(NC1CCOC(C)(C)C1)C(F)F. The maximum absolute atomic E-state index is 12.3. The molecule has 2 nitrogen and oxygen atoms in total. The molecule has 0 aliphatic carbocycles. The molecule has 4 heteroatoms. The van der Waals surface area contributed by atoms with Crippen LogP contribution in [-0.2, 0) is 4.74 Å². The molecule has 1 fully saturated rings. The Kier molecular flexibility index (Phi) is 3.84. The molecule has 0 aromatic carbocycles. The topological polar surface area (TPSA) is 21.3 Å². The van der Waals surface area contributed by atoms with E-state index in [2.05, 4.69) is 5.32 Å². The molecule has 14 heavy (non-hydrogen) atoms. The van der Waals surface area contributed by atoms with Gasteiger partial charge in [-0.3, -0.25) is 0 Å². The predicted octanol–water partition coefficient (Wildman–Crippen LogP) is 2.19. The molecular formula is C10H19F2NO. The van der Waals surface area contributed by atoms with Crippen LogP contribution in [0.2, 0.25) is 0 Å². The van der Waals surface area contributed by atoms with Gasteiger partial charge in [0.2, 0.25) is 0 Å². The highest BCUT2D eigenvalue weighted by atomic mass is 19.3. The number of rotatable bonds is 3. The zero-order chi connectivity index (χ0) is 10.8. The first-order valence-corrected chi connectivity index (χ1v) is 5.09. The third kappa shape index (κ3) is 3.50. The highest BCUT2D eigenvalue weighted by Gasteiger charge is 2.30. The molecule has 0 saturated carbocycles. The first-order valence-electron chi connectivity index (χ1n) is 5.09. The lowest BCUT2D eigenvalue weighted by atomic mass is 9.93. The highest BCUT2D eigenvalue weighted by molar-refractivity contribution is 4.84. The fraction of sp³-hybridized carbons (Fsp3) is 1.00. The van der Waals surface area contributed by atoms with E-state index in [1.807, 2.05) is 13.8 Å². The van der Waals surface area contributed by atoms with Crippen molar-refractivity contribution in [3.8, 4) is 0 Å². The van der Waals surface area contributed by atoms with Gasteiger partial charge in [0, 0.05) is 12.6 Å². The van der Waals surface area contributed by atoms with Gasteiger partial charge >= 0.3 is 0 Å². The molecule has 0 radical (unpaired) electrons. The minimum Gasteiger partial charge on any atom is -0.375 e. The van der Waals surface area contributed by atoms with Crippen LogP contribution in [0.25, 0.3) is 0 Å². The molecule has 1 aliphatic heterocycles. The fourth-order valence-corrected chi connectivity index (χ4v) is 1.82. The largest absolute Gasteiger partial charge is 0.375 e. The van der Waals surface area contributed by atoms with Gasteiger partial charge in [-0.1, -0.05) is 0 Å². The van der Waals surface area contributed by atoms with E-state index < -0.39 is 12.5 Å². The van der Waals surface area contributed by atoms with Crippen molar-refractivity contribution in [1.82, 2.24) is 5.32 Å². The van der Waals surface area contributed by atoms with Crippen LogP contribution in [0.4, 0.5) is 8.78 Å². The molecule has 1 rings (SSSR count). The maximum Gasteiger partial charge on any atom is 0.253 e. The molecule has 2 atom stereocenters. The van der Waals surface area contributed by atoms with Crippen LogP contribution in [0.3, 0.4) is 0 Å². The zero-order valence-electron chi connectivity index (χ0n) is 9.02. The second kappa shape index (κ2) is 4.53. The van der Waals surface area contributed by atoms with Crippen LogP contribution in [-0.4, -0.2) is 30.7 Å². The van der Waals surface area contributed by atoms with Gasteiger partial charge in [-0.25, -0.2) is 8.78 Å². The number of hydrogen-bond donors (Lipinski definition) is 1. The molecular weight excluding hydrogens is 188 g/mol. The molecule has 0 aromatic heterocycles. The Labute approximate surface area is 84.0 Å². The maximum atomic E-state index is 12.3. The van der Waals surface area contributed by atoms with Gasteiger partial charge in [0.25, 0.3) is 6.43 Å². The second-order valence-corrected chi connectivity index (χ2v) is 4.59. The van der Waals surface area contributed by atoms with Crippen molar-refractivity contribution in [2.45, 2.75) is 57.7 Å². The minimum atomic E-state index is -2.29. The molecule has 1 N–H and O–H groups in total. The molecule has 0 amide bonds. The lowest BCUT2D eigenvalue weighted by Crippen LogP contribution is -2.48. The molecule has 0 bridgehead atoms. The van der Waals surface area contributed by atoms with Crippen LogP contribution in [0.15, 0.2) is 0 Å². The van der Waals surface area contributed by atoms with Crippen molar-refractivity contribution in [3.05, 3.63) is 0 Å². The Balaban J connectivity index is 2.38. The van der Waals surface area contributed by atoms with Crippen molar-refractivity contribution in [1.29, 1.82) is 0 Å². The monoisotopic (exact) mass is 207 g/mol. The third-order valence-corrected chi connectivity index (χ3v) is 2.57. The van der Waals surface area contributed by atoms with E-state index in [1.54, 1.807) is 0 Å². The minimum absolute atomic E-state index is 0.155. The Morgan fingerprint density at radius 2 is 2.07 bits per heavy atom.